The molecule has 0 fully saturated rings. The number of Topliss-reactive ketones (excluding diaryl/α,β-unsaturated/α-hetero) is 1. The highest BCUT2D eigenvalue weighted by Crippen LogP contribution is 2.42. The number of esters is 1. The van der Waals surface area contributed by atoms with E-state index in [4.69, 9.17) is 4.74 Å². The molecule has 0 bridgehead atoms. The average molecular weight is 319 g/mol. The van der Waals surface area contributed by atoms with Crippen molar-refractivity contribution in [3.05, 3.63) is 59.2 Å². The second-order valence-corrected chi connectivity index (χ2v) is 5.67. The van der Waals surface area contributed by atoms with Crippen molar-refractivity contribution in [2.24, 2.45) is 0 Å². The highest BCUT2D eigenvalue weighted by Gasteiger charge is 2.39. The van der Waals surface area contributed by atoms with E-state index in [0.717, 1.165) is 16.7 Å². The molecule has 1 amide bonds. The molecular formula is C19H13NO4. The van der Waals surface area contributed by atoms with Crippen LogP contribution in [0.15, 0.2) is 48.0 Å². The van der Waals surface area contributed by atoms with Crippen LogP contribution in [-0.2, 0) is 14.3 Å². The molecule has 0 unspecified atom stereocenters. The van der Waals surface area contributed by atoms with Gasteiger partial charge in [0.15, 0.2) is 0 Å². The van der Waals surface area contributed by atoms with E-state index in [-0.39, 0.29) is 6.54 Å². The maximum Gasteiger partial charge on any atom is 0.335 e. The minimum Gasteiger partial charge on any atom is -0.466 e. The molecular weight excluding hydrogens is 306 g/mol. The van der Waals surface area contributed by atoms with Gasteiger partial charge in [0.1, 0.15) is 0 Å². The summed E-state index contributed by atoms with van der Waals surface area (Å²) in [6, 6.07) is 12.9. The van der Waals surface area contributed by atoms with E-state index < -0.39 is 17.7 Å². The highest BCUT2D eigenvalue weighted by molar-refractivity contribution is 6.53. The zero-order valence-corrected chi connectivity index (χ0v) is 12.9. The van der Waals surface area contributed by atoms with Gasteiger partial charge in [-0.1, -0.05) is 36.4 Å². The van der Waals surface area contributed by atoms with E-state index in [2.05, 4.69) is 0 Å². The monoisotopic (exact) mass is 319 g/mol. The Balaban J connectivity index is 2.05. The number of rotatable bonds is 1. The molecule has 2 aliphatic heterocycles. The summed E-state index contributed by atoms with van der Waals surface area (Å²) in [4.78, 5) is 38.2. The second kappa shape index (κ2) is 5.16. The number of fused-ring (bicyclic) bond motifs is 2. The number of carbonyl (C=O) groups is 3. The lowest BCUT2D eigenvalue weighted by molar-refractivity contribution is -0.136. The summed E-state index contributed by atoms with van der Waals surface area (Å²) in [5.41, 5.74) is 3.78. The fourth-order valence-corrected chi connectivity index (χ4v) is 3.25. The Morgan fingerprint density at radius 1 is 1.00 bits per heavy atom. The normalized spacial score (nSPS) is 17.4. The number of ketones is 1. The quantitative estimate of drug-likeness (QED) is 0.598. The fraction of sp³-hybridized carbons (Fsp3) is 0.105. The highest BCUT2D eigenvalue weighted by atomic mass is 16.5. The Labute approximate surface area is 138 Å². The largest absolute Gasteiger partial charge is 0.466 e. The molecule has 118 valence electrons. The first-order valence-electron chi connectivity index (χ1n) is 7.49. The van der Waals surface area contributed by atoms with Crippen LogP contribution in [0, 0.1) is 0 Å². The van der Waals surface area contributed by atoms with Gasteiger partial charge in [0.25, 0.3) is 11.7 Å². The van der Waals surface area contributed by atoms with Gasteiger partial charge in [-0.25, -0.2) is 4.79 Å². The van der Waals surface area contributed by atoms with Crippen LogP contribution in [0.2, 0.25) is 0 Å². The predicted molar refractivity (Wildman–Crippen MR) is 88.6 cm³/mol. The van der Waals surface area contributed by atoms with Gasteiger partial charge >= 0.3 is 5.97 Å². The number of hydrogen-bond donors (Lipinski definition) is 0. The third-order valence-corrected chi connectivity index (χ3v) is 4.35. The standard InChI is InChI=1S/C19H13NO4/c1-24-19(23)12-9-11-5-2-3-6-13(11)14-7-4-8-15-16(14)20(10-12)18(22)17(15)21/h2-9H,10H2,1H3/b12-9+. The molecule has 5 heteroatoms. The number of methoxy groups -OCH3 is 1. The number of hydrogen-bond acceptors (Lipinski definition) is 4. The maximum atomic E-state index is 12.4. The van der Waals surface area contributed by atoms with E-state index in [1.807, 2.05) is 30.3 Å². The number of ether oxygens (including phenoxy) is 1. The Morgan fingerprint density at radius 2 is 1.71 bits per heavy atom. The Kier molecular flexibility index (Phi) is 3.09. The SMILES string of the molecule is COC(=O)/C1=C/c2ccccc2-c2cccc3c2N(C1)C(=O)C3=O. The zero-order chi connectivity index (χ0) is 16.8. The van der Waals surface area contributed by atoms with Crippen LogP contribution < -0.4 is 4.90 Å². The minimum atomic E-state index is -0.619. The van der Waals surface area contributed by atoms with Crippen molar-refractivity contribution in [2.75, 3.05) is 18.6 Å². The molecule has 24 heavy (non-hydrogen) atoms. The summed E-state index contributed by atoms with van der Waals surface area (Å²) in [5.74, 6) is -1.68. The number of benzene rings is 2. The van der Waals surface area contributed by atoms with Crippen molar-refractivity contribution < 1.29 is 19.1 Å². The van der Waals surface area contributed by atoms with Crippen LogP contribution in [-0.4, -0.2) is 31.3 Å². The topological polar surface area (TPSA) is 63.7 Å². The van der Waals surface area contributed by atoms with Gasteiger partial charge < -0.3 is 4.74 Å². The van der Waals surface area contributed by atoms with E-state index in [0.29, 0.717) is 16.8 Å². The summed E-state index contributed by atoms with van der Waals surface area (Å²) >= 11 is 0. The van der Waals surface area contributed by atoms with Crippen LogP contribution in [0.4, 0.5) is 5.69 Å². The molecule has 0 radical (unpaired) electrons. The Hall–Kier alpha value is -3.21. The lowest BCUT2D eigenvalue weighted by Gasteiger charge is -2.24. The summed E-state index contributed by atoms with van der Waals surface area (Å²) in [7, 11) is 1.30. The van der Waals surface area contributed by atoms with Crippen LogP contribution in [0.3, 0.4) is 0 Å². The van der Waals surface area contributed by atoms with E-state index >= 15 is 0 Å². The van der Waals surface area contributed by atoms with Gasteiger partial charge in [-0.2, -0.15) is 0 Å². The van der Waals surface area contributed by atoms with Crippen molar-refractivity contribution in [3.63, 3.8) is 0 Å². The van der Waals surface area contributed by atoms with Crippen molar-refractivity contribution in [2.45, 2.75) is 0 Å². The summed E-state index contributed by atoms with van der Waals surface area (Å²) in [6.07, 6.45) is 1.72. The molecule has 0 saturated carbocycles. The lowest BCUT2D eigenvalue weighted by Crippen LogP contribution is -2.34. The van der Waals surface area contributed by atoms with Crippen molar-refractivity contribution in [1.82, 2.24) is 0 Å². The lowest BCUT2D eigenvalue weighted by atomic mass is 9.93. The van der Waals surface area contributed by atoms with Gasteiger partial charge in [-0.05, 0) is 23.3 Å². The van der Waals surface area contributed by atoms with Crippen molar-refractivity contribution in [1.29, 1.82) is 0 Å². The summed E-state index contributed by atoms with van der Waals surface area (Å²) in [6.45, 7) is 0.00952. The van der Waals surface area contributed by atoms with Crippen LogP contribution in [0.1, 0.15) is 15.9 Å². The third-order valence-electron chi connectivity index (χ3n) is 4.35. The van der Waals surface area contributed by atoms with Crippen molar-refractivity contribution >= 4 is 29.4 Å². The molecule has 4 rings (SSSR count). The molecule has 5 nitrogen and oxygen atoms in total. The third kappa shape index (κ3) is 1.91. The van der Waals surface area contributed by atoms with Gasteiger partial charge in [-0.3, -0.25) is 14.5 Å². The van der Waals surface area contributed by atoms with Crippen LogP contribution in [0.5, 0.6) is 0 Å². The Bertz CT molecular complexity index is 942. The van der Waals surface area contributed by atoms with Gasteiger partial charge in [0.2, 0.25) is 0 Å². The zero-order valence-electron chi connectivity index (χ0n) is 12.9. The molecule has 0 aromatic heterocycles. The number of amides is 1. The minimum absolute atomic E-state index is 0.00952. The average Bonchev–Trinajstić information content (AvgIpc) is 2.84. The Morgan fingerprint density at radius 3 is 2.50 bits per heavy atom. The number of carbonyl (C=O) groups excluding carboxylic acids is 3. The van der Waals surface area contributed by atoms with Gasteiger partial charge in [0.05, 0.1) is 30.5 Å². The second-order valence-electron chi connectivity index (χ2n) is 5.67. The maximum absolute atomic E-state index is 12.4. The molecule has 2 aromatic carbocycles. The number of nitrogens with zero attached hydrogens (tertiary/aromatic N) is 1. The number of anilines is 1. The molecule has 0 atom stereocenters. The fourth-order valence-electron chi connectivity index (χ4n) is 3.25. The molecule has 0 spiro atoms. The van der Waals surface area contributed by atoms with E-state index in [1.54, 1.807) is 18.2 Å². The molecule has 0 saturated heterocycles. The summed E-state index contributed by atoms with van der Waals surface area (Å²) in [5, 5.41) is 0. The molecule has 2 aliphatic rings. The van der Waals surface area contributed by atoms with E-state index in [1.165, 1.54) is 12.0 Å². The van der Waals surface area contributed by atoms with Crippen molar-refractivity contribution in [3.8, 4) is 11.1 Å². The summed E-state index contributed by atoms with van der Waals surface area (Å²) < 4.78 is 4.83. The molecule has 0 aliphatic carbocycles. The smallest absolute Gasteiger partial charge is 0.335 e. The first-order valence-corrected chi connectivity index (χ1v) is 7.49. The molecule has 2 heterocycles. The van der Waals surface area contributed by atoms with Gasteiger partial charge in [-0.15, -0.1) is 0 Å². The first kappa shape index (κ1) is 14.4. The van der Waals surface area contributed by atoms with Gasteiger partial charge in [0, 0.05) is 5.56 Å². The van der Waals surface area contributed by atoms with Crippen LogP contribution >= 0.6 is 0 Å². The predicted octanol–water partition coefficient (Wildman–Crippen LogP) is 2.45. The first-order chi connectivity index (χ1) is 11.6. The van der Waals surface area contributed by atoms with Crippen LogP contribution in [0.25, 0.3) is 17.2 Å². The number of para-hydroxylation sites is 1. The molecule has 0 N–H and O–H groups in total. The molecule has 2 aromatic rings. The van der Waals surface area contributed by atoms with E-state index in [9.17, 15) is 14.4 Å².